The second kappa shape index (κ2) is 35.3. The molecule has 7 atom stereocenters. The van der Waals surface area contributed by atoms with Crippen LogP contribution < -0.4 is 69.6 Å². The van der Waals surface area contributed by atoms with Gasteiger partial charge < -0.3 is 68.4 Å². The molecule has 1 saturated heterocycles. The molecule has 0 bridgehead atoms. The summed E-state index contributed by atoms with van der Waals surface area (Å²) in [5.41, 5.74) is 16.7. The van der Waals surface area contributed by atoms with E-state index in [-0.39, 0.29) is 60.9 Å². The molecule has 12 amide bonds. The molecule has 1 fully saturated rings. The molecule has 27 nitrogen and oxygen atoms in total. The lowest BCUT2D eigenvalue weighted by molar-refractivity contribution is -0.141. The lowest BCUT2D eigenvalue weighted by Crippen LogP contribution is -2.61. The normalized spacial score (nSPS) is 15.0. The van der Waals surface area contributed by atoms with Gasteiger partial charge in [0.05, 0.1) is 23.9 Å². The quantitative estimate of drug-likeness (QED) is 0.0229. The monoisotopic (exact) mass is 1260 g/mol. The minimum atomic E-state index is -1.81. The highest BCUT2D eigenvalue weighted by atomic mass is 32.2. The number of rotatable bonds is 33. The van der Waals surface area contributed by atoms with Gasteiger partial charge in [0, 0.05) is 51.2 Å². The van der Waals surface area contributed by atoms with Crippen LogP contribution in [0.1, 0.15) is 98.6 Å². The smallest absolute Gasteiger partial charge is 0.408 e. The van der Waals surface area contributed by atoms with Crippen LogP contribution in [-0.2, 0) is 70.3 Å². The van der Waals surface area contributed by atoms with E-state index in [1.807, 2.05) is 20.8 Å². The third-order valence-corrected chi connectivity index (χ3v) is 14.5. The largest absolute Gasteiger partial charge is 0.488 e. The number of thioether (sulfide) groups is 2. The summed E-state index contributed by atoms with van der Waals surface area (Å²) < 4.78 is 11.4. The highest BCUT2D eigenvalue weighted by molar-refractivity contribution is 7.99. The molecule has 14 N–H and O–H groups in total. The fraction of sp³-hybridized carbons (Fsp3) is 0.492. The molecular formula is C59H83N13O14S2. The first-order valence-corrected chi connectivity index (χ1v) is 30.7. The molecule has 29 heteroatoms. The van der Waals surface area contributed by atoms with Crippen molar-refractivity contribution in [2.24, 2.45) is 11.5 Å². The molecule has 3 aromatic rings. The predicted octanol–water partition coefficient (Wildman–Crippen LogP) is 0.895. The summed E-state index contributed by atoms with van der Waals surface area (Å²) in [4.78, 5) is 163. The van der Waals surface area contributed by atoms with Gasteiger partial charge in [-0.25, -0.2) is 4.79 Å². The molecule has 0 radical (unpaired) electrons. The van der Waals surface area contributed by atoms with Crippen molar-refractivity contribution in [2.75, 3.05) is 35.2 Å². The Morgan fingerprint density at radius 1 is 0.568 bits per heavy atom. The maximum atomic E-state index is 14.8. The number of carbonyl (C=O) groups excluding carboxylic acids is 12. The van der Waals surface area contributed by atoms with E-state index in [9.17, 15) is 57.5 Å². The van der Waals surface area contributed by atoms with Gasteiger partial charge in [0.2, 0.25) is 59.1 Å². The van der Waals surface area contributed by atoms with Crippen molar-refractivity contribution in [3.8, 4) is 5.75 Å². The molecule has 1 aliphatic heterocycles. The van der Waals surface area contributed by atoms with Gasteiger partial charge in [-0.15, -0.1) is 23.5 Å². The van der Waals surface area contributed by atoms with Crippen LogP contribution in [0.15, 0.2) is 84.9 Å². The number of carbonyl (C=O) groups is 12. The van der Waals surface area contributed by atoms with Crippen molar-refractivity contribution >= 4 is 100 Å². The number of hydrogen-bond donors (Lipinski definition) is 12. The molecule has 3 aromatic carbocycles. The summed E-state index contributed by atoms with van der Waals surface area (Å²) in [6.45, 7) is 13.2. The van der Waals surface area contributed by atoms with Gasteiger partial charge in [-0.1, -0.05) is 60.7 Å². The van der Waals surface area contributed by atoms with E-state index in [2.05, 4.69) is 53.4 Å². The van der Waals surface area contributed by atoms with E-state index >= 15 is 0 Å². The number of benzene rings is 3. The van der Waals surface area contributed by atoms with Gasteiger partial charge in [0.1, 0.15) is 59.2 Å². The molecule has 0 aromatic heterocycles. The maximum Gasteiger partial charge on any atom is 0.408 e. The molecule has 1 aliphatic rings. The second-order valence-electron chi connectivity index (χ2n) is 22.6. The minimum Gasteiger partial charge on any atom is -0.488 e. The van der Waals surface area contributed by atoms with Crippen LogP contribution in [-0.4, -0.2) is 159 Å². The summed E-state index contributed by atoms with van der Waals surface area (Å²) in [6.07, 6.45) is -2.43. The van der Waals surface area contributed by atoms with E-state index in [0.717, 1.165) is 23.5 Å². The van der Waals surface area contributed by atoms with Crippen LogP contribution in [0.2, 0.25) is 0 Å². The number of nitrogens with two attached hydrogens (primary N) is 2. The predicted molar refractivity (Wildman–Crippen MR) is 331 cm³/mol. The average Bonchev–Trinajstić information content (AvgIpc) is 4.09. The van der Waals surface area contributed by atoms with Crippen molar-refractivity contribution in [2.45, 2.75) is 154 Å². The third-order valence-electron chi connectivity index (χ3n) is 12.7. The first-order chi connectivity index (χ1) is 41.5. The van der Waals surface area contributed by atoms with Crippen molar-refractivity contribution in [3.05, 3.63) is 96.1 Å². The lowest BCUT2D eigenvalue weighted by Gasteiger charge is -2.30. The number of nitrogens with one attached hydrogen (secondary N) is 10. The Bertz CT molecular complexity index is 2900. The zero-order valence-electron chi connectivity index (χ0n) is 50.7. The average molecular weight is 1260 g/mol. The molecule has 0 aliphatic carbocycles. The van der Waals surface area contributed by atoms with Crippen molar-refractivity contribution < 1.29 is 67.0 Å². The summed E-state index contributed by atoms with van der Waals surface area (Å²) in [6, 6.07) is 13.6. The Morgan fingerprint density at radius 2 is 1.05 bits per heavy atom. The number of anilines is 1. The van der Waals surface area contributed by atoms with E-state index in [0.29, 0.717) is 29.0 Å². The van der Waals surface area contributed by atoms with Crippen LogP contribution in [0.3, 0.4) is 0 Å². The van der Waals surface area contributed by atoms with Crippen molar-refractivity contribution in [1.29, 1.82) is 0 Å². The number of hydrogen-bond acceptors (Lipinski definition) is 17. The topological polar surface area (TPSA) is 399 Å². The summed E-state index contributed by atoms with van der Waals surface area (Å²) in [5.74, 6) is -8.49. The van der Waals surface area contributed by atoms with Crippen LogP contribution in [0.5, 0.6) is 5.75 Å². The Kier molecular flexibility index (Phi) is 28.8. The number of alkyl carbamates (subject to hydrolysis) is 1. The summed E-state index contributed by atoms with van der Waals surface area (Å²) >= 11 is 2.15. The molecule has 88 heavy (non-hydrogen) atoms. The van der Waals surface area contributed by atoms with Gasteiger partial charge in [-0.3, -0.25) is 63.6 Å². The number of para-hydroxylation sites is 1. The maximum absolute atomic E-state index is 14.8. The number of amides is 12. The van der Waals surface area contributed by atoms with Crippen LogP contribution in [0.4, 0.5) is 10.5 Å². The Hall–Kier alpha value is -8.60. The number of primary amides is 2. The van der Waals surface area contributed by atoms with Gasteiger partial charge in [0.25, 0.3) is 5.91 Å². The SMILES string of the molecule is CC(=O)NCSC[C@H](NC(=O)OC(C)(C)C)C(=O)N[C@@H](Cc1ccc(OC(C)(C)C)cc1)C(=O)N[C@@H](Cc1ccccc1)C(=O)N[C@@H](CCC(N)=O)C(=O)N[C@@H](CC(N)=O)C(=O)N[C@@H](CSCNC(C)=O)C(=O)N1CCC[C@H]1C(=O)NNc1ccccc1. The number of nitrogens with zero attached hydrogens (tertiary/aromatic N) is 1. The fourth-order valence-corrected chi connectivity index (χ4v) is 10.4. The Labute approximate surface area is 520 Å². The van der Waals surface area contributed by atoms with Crippen LogP contribution in [0, 0.1) is 0 Å². The van der Waals surface area contributed by atoms with Gasteiger partial charge >= 0.3 is 6.09 Å². The molecule has 0 spiro atoms. The first-order valence-electron chi connectivity index (χ1n) is 28.4. The van der Waals surface area contributed by atoms with E-state index in [1.165, 1.54) is 18.7 Å². The van der Waals surface area contributed by atoms with Gasteiger partial charge in [-0.05, 0) is 96.2 Å². The molecule has 4 rings (SSSR count). The summed E-state index contributed by atoms with van der Waals surface area (Å²) in [7, 11) is 0. The molecule has 1 heterocycles. The Balaban J connectivity index is 1.67. The van der Waals surface area contributed by atoms with E-state index < -0.39 is 132 Å². The van der Waals surface area contributed by atoms with Gasteiger partial charge in [0.15, 0.2) is 0 Å². The van der Waals surface area contributed by atoms with E-state index in [4.69, 9.17) is 20.9 Å². The van der Waals surface area contributed by atoms with Crippen molar-refractivity contribution in [3.63, 3.8) is 0 Å². The number of ether oxygens (including phenoxy) is 2. The minimum absolute atomic E-state index is 0.0141. The molecule has 480 valence electrons. The highest BCUT2D eigenvalue weighted by Crippen LogP contribution is 2.22. The fourth-order valence-electron chi connectivity index (χ4n) is 8.59. The van der Waals surface area contributed by atoms with Crippen LogP contribution >= 0.6 is 23.5 Å². The highest BCUT2D eigenvalue weighted by Gasteiger charge is 2.40. The zero-order chi connectivity index (χ0) is 65.1. The first kappa shape index (κ1) is 71.9. The van der Waals surface area contributed by atoms with Gasteiger partial charge in [-0.2, -0.15) is 0 Å². The molecule has 0 saturated carbocycles. The summed E-state index contributed by atoms with van der Waals surface area (Å²) in [5, 5.41) is 20.7. The molecule has 0 unspecified atom stereocenters. The number of likely N-dealkylation sites (tertiary alicyclic amines) is 1. The lowest BCUT2D eigenvalue weighted by atomic mass is 10.0. The van der Waals surface area contributed by atoms with Crippen LogP contribution in [0.25, 0.3) is 0 Å². The number of hydrazine groups is 1. The third kappa shape index (κ3) is 27.0. The van der Waals surface area contributed by atoms with Crippen molar-refractivity contribution in [1.82, 2.24) is 52.9 Å². The second-order valence-corrected chi connectivity index (χ2v) is 24.7. The Morgan fingerprint density at radius 3 is 1.57 bits per heavy atom. The standard InChI is InChI=1S/C59H83N13O14S2/c1-35(73)62-33-87-31-45(69-57(84)86-59(6,7)8)54(81)66-43(29-38-21-23-40(24-22-38)85-58(3,4)5)52(79)65-42(28-37-16-11-9-12-17-37)51(78)64-41(25-26-48(60)75)50(77)67-44(30-49(61)76)53(80)68-46(32-88-34-63-36(2)74)56(83)72-27-15-20-47(72)55(82)71-70-39-18-13-10-14-19-39/h9-14,16-19,21-24,41-47,70H,15,20,25-34H2,1-8H3,(H2,60,75)(H2,61,76)(H,62,73)(H,63,74)(H,64,78)(H,65,79)(H,66,81)(H,67,77)(H,68,80)(H,69,84)(H,71,82)/t41-,42-,43-,44-,45-,46-,47-/m0/s1. The molecular weight excluding hydrogens is 1180 g/mol. The zero-order valence-corrected chi connectivity index (χ0v) is 52.4. The van der Waals surface area contributed by atoms with E-state index in [1.54, 1.807) is 106 Å².